The van der Waals surface area contributed by atoms with E-state index in [1.54, 1.807) is 12.1 Å². The van der Waals surface area contributed by atoms with Crippen LogP contribution in [-0.4, -0.2) is 29.1 Å². The smallest absolute Gasteiger partial charge is 0.319 e. The first-order valence-corrected chi connectivity index (χ1v) is 9.25. The standard InChI is InChI=1S/C21H23N3O4/c25-19-10-6-15-13-17(7-9-18(15)24-19)23-21(28)22-16(8-11-20(26)27)12-14-4-2-1-3-5-14/h1-5,7,9,13,16H,6,8,10-12H2,(H,24,25)(H,26,27)(H2,22,23,28). The van der Waals surface area contributed by atoms with Gasteiger partial charge in [-0.2, -0.15) is 0 Å². The summed E-state index contributed by atoms with van der Waals surface area (Å²) in [6, 6.07) is 14.3. The van der Waals surface area contributed by atoms with E-state index in [9.17, 15) is 14.4 Å². The summed E-state index contributed by atoms with van der Waals surface area (Å²) in [6.07, 6.45) is 1.94. The Kier molecular flexibility index (Phi) is 6.26. The molecule has 2 aromatic carbocycles. The number of anilines is 2. The Bertz CT molecular complexity index is 867. The lowest BCUT2D eigenvalue weighted by Gasteiger charge is -2.20. The molecule has 0 bridgehead atoms. The van der Waals surface area contributed by atoms with Crippen LogP contribution in [0.1, 0.15) is 30.4 Å². The van der Waals surface area contributed by atoms with Crippen molar-refractivity contribution in [2.24, 2.45) is 0 Å². The summed E-state index contributed by atoms with van der Waals surface area (Å²) in [7, 11) is 0. The highest BCUT2D eigenvalue weighted by molar-refractivity contribution is 5.95. The predicted octanol–water partition coefficient (Wildman–Crippen LogP) is 3.17. The second-order valence-corrected chi connectivity index (χ2v) is 6.84. The molecule has 1 atom stereocenters. The normalized spacial score (nSPS) is 13.8. The minimum absolute atomic E-state index is 0.00636. The average Bonchev–Trinajstić information content (AvgIpc) is 2.67. The van der Waals surface area contributed by atoms with Gasteiger partial charge < -0.3 is 21.1 Å². The van der Waals surface area contributed by atoms with E-state index < -0.39 is 5.97 Å². The highest BCUT2D eigenvalue weighted by Crippen LogP contribution is 2.25. The Morgan fingerprint density at radius 1 is 1.11 bits per heavy atom. The monoisotopic (exact) mass is 381 g/mol. The lowest BCUT2D eigenvalue weighted by Crippen LogP contribution is -2.39. The summed E-state index contributed by atoms with van der Waals surface area (Å²) in [5.41, 5.74) is 3.40. The van der Waals surface area contributed by atoms with Gasteiger partial charge >= 0.3 is 12.0 Å². The molecule has 1 aliphatic heterocycles. The molecule has 7 heteroatoms. The highest BCUT2D eigenvalue weighted by Gasteiger charge is 2.17. The third-order valence-electron chi connectivity index (χ3n) is 4.63. The molecule has 0 aromatic heterocycles. The Morgan fingerprint density at radius 2 is 1.89 bits per heavy atom. The first-order valence-electron chi connectivity index (χ1n) is 9.25. The molecular weight excluding hydrogens is 358 g/mol. The number of carbonyl (C=O) groups is 3. The Balaban J connectivity index is 1.62. The zero-order chi connectivity index (χ0) is 19.9. The molecule has 1 unspecified atom stereocenters. The average molecular weight is 381 g/mol. The molecular formula is C21H23N3O4. The molecule has 28 heavy (non-hydrogen) atoms. The minimum atomic E-state index is -0.892. The maximum Gasteiger partial charge on any atom is 0.319 e. The van der Waals surface area contributed by atoms with Gasteiger partial charge in [-0.25, -0.2) is 4.79 Å². The number of nitrogens with one attached hydrogen (secondary N) is 3. The van der Waals surface area contributed by atoms with Gasteiger partial charge in [-0.1, -0.05) is 30.3 Å². The molecule has 146 valence electrons. The number of urea groups is 1. The van der Waals surface area contributed by atoms with Crippen molar-refractivity contribution in [3.05, 3.63) is 59.7 Å². The first kappa shape index (κ1) is 19.4. The van der Waals surface area contributed by atoms with Crippen LogP contribution in [-0.2, 0) is 22.4 Å². The molecule has 1 heterocycles. The van der Waals surface area contributed by atoms with Crippen LogP contribution in [0.2, 0.25) is 0 Å². The van der Waals surface area contributed by atoms with Crippen LogP contribution >= 0.6 is 0 Å². The van der Waals surface area contributed by atoms with Crippen molar-refractivity contribution in [3.63, 3.8) is 0 Å². The Hall–Kier alpha value is -3.35. The van der Waals surface area contributed by atoms with E-state index in [4.69, 9.17) is 5.11 Å². The molecule has 0 aliphatic carbocycles. The second-order valence-electron chi connectivity index (χ2n) is 6.84. The van der Waals surface area contributed by atoms with Gasteiger partial charge in [0, 0.05) is 30.3 Å². The van der Waals surface area contributed by atoms with Crippen molar-refractivity contribution < 1.29 is 19.5 Å². The first-order chi connectivity index (χ1) is 13.5. The van der Waals surface area contributed by atoms with Gasteiger partial charge in [0.2, 0.25) is 5.91 Å². The van der Waals surface area contributed by atoms with Gasteiger partial charge in [0.1, 0.15) is 0 Å². The SMILES string of the molecule is O=C(O)CCC(Cc1ccccc1)NC(=O)Nc1ccc2c(c1)CCC(=O)N2. The number of hydrogen-bond donors (Lipinski definition) is 4. The molecule has 0 saturated carbocycles. The number of rotatable bonds is 7. The highest BCUT2D eigenvalue weighted by atomic mass is 16.4. The maximum atomic E-state index is 12.4. The summed E-state index contributed by atoms with van der Waals surface area (Å²) < 4.78 is 0. The quantitative estimate of drug-likeness (QED) is 0.591. The molecule has 0 spiro atoms. The third-order valence-corrected chi connectivity index (χ3v) is 4.63. The fraction of sp³-hybridized carbons (Fsp3) is 0.286. The van der Waals surface area contributed by atoms with Crippen molar-refractivity contribution >= 4 is 29.3 Å². The van der Waals surface area contributed by atoms with Crippen molar-refractivity contribution in [1.29, 1.82) is 0 Å². The molecule has 7 nitrogen and oxygen atoms in total. The molecule has 3 rings (SSSR count). The maximum absolute atomic E-state index is 12.4. The topological polar surface area (TPSA) is 108 Å². The van der Waals surface area contributed by atoms with Crippen LogP contribution in [0, 0.1) is 0 Å². The number of benzene rings is 2. The van der Waals surface area contributed by atoms with Crippen molar-refractivity contribution in [3.8, 4) is 0 Å². The zero-order valence-electron chi connectivity index (χ0n) is 15.4. The van der Waals surface area contributed by atoms with Crippen LogP contribution in [0.5, 0.6) is 0 Å². The van der Waals surface area contributed by atoms with Gasteiger partial charge in [0.15, 0.2) is 0 Å². The molecule has 4 N–H and O–H groups in total. The number of aryl methyl sites for hydroxylation is 1. The fourth-order valence-corrected chi connectivity index (χ4v) is 3.24. The third kappa shape index (κ3) is 5.57. The van der Waals surface area contributed by atoms with Crippen LogP contribution in [0.4, 0.5) is 16.2 Å². The zero-order valence-corrected chi connectivity index (χ0v) is 15.4. The van der Waals surface area contributed by atoms with Gasteiger partial charge in [-0.3, -0.25) is 9.59 Å². The largest absolute Gasteiger partial charge is 0.481 e. The molecule has 0 saturated heterocycles. The summed E-state index contributed by atoms with van der Waals surface area (Å²) in [5.74, 6) is -0.898. The van der Waals surface area contributed by atoms with E-state index in [2.05, 4.69) is 16.0 Å². The predicted molar refractivity (Wildman–Crippen MR) is 106 cm³/mol. The summed E-state index contributed by atoms with van der Waals surface area (Å²) in [5, 5.41) is 17.4. The van der Waals surface area contributed by atoms with E-state index in [0.29, 0.717) is 31.4 Å². The van der Waals surface area contributed by atoms with Crippen LogP contribution in [0.3, 0.4) is 0 Å². The Morgan fingerprint density at radius 3 is 2.64 bits per heavy atom. The van der Waals surface area contributed by atoms with Crippen LogP contribution in [0.25, 0.3) is 0 Å². The van der Waals surface area contributed by atoms with Gasteiger partial charge in [-0.05, 0) is 48.6 Å². The molecule has 0 radical (unpaired) electrons. The number of amides is 3. The lowest BCUT2D eigenvalue weighted by molar-refractivity contribution is -0.137. The van der Waals surface area contributed by atoms with Gasteiger partial charge in [0.05, 0.1) is 0 Å². The molecule has 3 amide bonds. The van der Waals surface area contributed by atoms with Gasteiger partial charge in [-0.15, -0.1) is 0 Å². The van der Waals surface area contributed by atoms with Gasteiger partial charge in [0.25, 0.3) is 0 Å². The fourth-order valence-electron chi connectivity index (χ4n) is 3.24. The summed E-state index contributed by atoms with van der Waals surface area (Å²) >= 11 is 0. The summed E-state index contributed by atoms with van der Waals surface area (Å²) in [4.78, 5) is 34.8. The number of aliphatic carboxylic acids is 1. The van der Waals surface area contributed by atoms with Crippen LogP contribution in [0.15, 0.2) is 48.5 Å². The molecule has 0 fully saturated rings. The van der Waals surface area contributed by atoms with E-state index in [0.717, 1.165) is 16.8 Å². The Labute approximate surface area is 163 Å². The number of hydrogen-bond acceptors (Lipinski definition) is 3. The van der Waals surface area contributed by atoms with Crippen LogP contribution < -0.4 is 16.0 Å². The van der Waals surface area contributed by atoms with E-state index in [1.807, 2.05) is 36.4 Å². The minimum Gasteiger partial charge on any atom is -0.481 e. The van der Waals surface area contributed by atoms with Crippen molar-refractivity contribution in [1.82, 2.24) is 5.32 Å². The number of fused-ring (bicyclic) bond motifs is 1. The van der Waals surface area contributed by atoms with E-state index >= 15 is 0 Å². The lowest BCUT2D eigenvalue weighted by atomic mass is 10.0. The number of carboxylic acids is 1. The summed E-state index contributed by atoms with van der Waals surface area (Å²) in [6.45, 7) is 0. The number of carboxylic acid groups (broad SMARTS) is 1. The second kappa shape index (κ2) is 9.03. The molecule has 2 aromatic rings. The van der Waals surface area contributed by atoms with E-state index in [-0.39, 0.29) is 24.4 Å². The van der Waals surface area contributed by atoms with E-state index in [1.165, 1.54) is 0 Å². The molecule has 1 aliphatic rings. The van der Waals surface area contributed by atoms with Crippen molar-refractivity contribution in [2.75, 3.05) is 10.6 Å². The van der Waals surface area contributed by atoms with Crippen molar-refractivity contribution in [2.45, 2.75) is 38.1 Å². The number of carbonyl (C=O) groups excluding carboxylic acids is 2.